The fourth-order valence-electron chi connectivity index (χ4n) is 2.12. The van der Waals surface area contributed by atoms with Crippen LogP contribution in [0, 0.1) is 17.1 Å². The van der Waals surface area contributed by atoms with Crippen LogP contribution in [0.4, 0.5) is 10.1 Å². The Morgan fingerprint density at radius 3 is 2.46 bits per heavy atom. The molecule has 0 amide bonds. The first-order valence-corrected chi connectivity index (χ1v) is 6.81. The Morgan fingerprint density at radius 1 is 1.29 bits per heavy atom. The zero-order valence-corrected chi connectivity index (χ0v) is 13.3. The van der Waals surface area contributed by atoms with E-state index in [-0.39, 0.29) is 27.7 Å². The number of nitrogens with zero attached hydrogens (tertiary/aromatic N) is 2. The van der Waals surface area contributed by atoms with Crippen LogP contribution in [-0.4, -0.2) is 30.7 Å². The van der Waals surface area contributed by atoms with E-state index in [0.717, 1.165) is 24.9 Å². The third-order valence-corrected chi connectivity index (χ3v) is 3.65. The van der Waals surface area contributed by atoms with Crippen LogP contribution in [0.5, 0.6) is 0 Å². The highest BCUT2D eigenvalue weighted by Crippen LogP contribution is 2.32. The molecule has 1 aromatic heterocycles. The first-order valence-electron chi connectivity index (χ1n) is 6.43. The summed E-state index contributed by atoms with van der Waals surface area (Å²) in [6, 6.07) is 4.04. The number of aromatic nitrogens is 1. The van der Waals surface area contributed by atoms with Gasteiger partial charge in [0.25, 0.3) is 0 Å². The highest BCUT2D eigenvalue weighted by atomic mass is 35.5. The van der Waals surface area contributed by atoms with Gasteiger partial charge in [0.05, 0.1) is 36.2 Å². The maximum Gasteiger partial charge on any atom is 0.357 e. The third kappa shape index (κ3) is 2.66. The van der Waals surface area contributed by atoms with Crippen molar-refractivity contribution in [1.82, 2.24) is 4.57 Å². The Hall–Kier alpha value is -3.05. The summed E-state index contributed by atoms with van der Waals surface area (Å²) in [5.74, 6) is -2.70. The molecular formula is C15H11ClFN3O4. The molecule has 1 aromatic carbocycles. The molecule has 0 saturated heterocycles. The lowest BCUT2D eigenvalue weighted by atomic mass is 10.1. The summed E-state index contributed by atoms with van der Waals surface area (Å²) in [4.78, 5) is 23.7. The van der Waals surface area contributed by atoms with E-state index in [1.165, 1.54) is 12.3 Å². The fourth-order valence-corrected chi connectivity index (χ4v) is 2.44. The van der Waals surface area contributed by atoms with Gasteiger partial charge in [0, 0.05) is 6.20 Å². The van der Waals surface area contributed by atoms with Gasteiger partial charge in [-0.25, -0.2) is 14.0 Å². The van der Waals surface area contributed by atoms with Crippen LogP contribution >= 0.6 is 11.6 Å². The number of methoxy groups -OCH3 is 2. The van der Waals surface area contributed by atoms with Gasteiger partial charge in [0.1, 0.15) is 17.4 Å². The minimum absolute atomic E-state index is 0.00425. The molecule has 2 N–H and O–H groups in total. The van der Waals surface area contributed by atoms with E-state index in [4.69, 9.17) is 22.6 Å². The van der Waals surface area contributed by atoms with Gasteiger partial charge in [-0.05, 0) is 12.1 Å². The van der Waals surface area contributed by atoms with Crippen molar-refractivity contribution in [2.75, 3.05) is 20.0 Å². The molecule has 0 bridgehead atoms. The molecule has 2 aromatic rings. The van der Waals surface area contributed by atoms with Crippen molar-refractivity contribution in [3.63, 3.8) is 0 Å². The molecule has 2 rings (SSSR count). The predicted octanol–water partition coefficient (Wildman–Crippen LogP) is 2.30. The Balaban J connectivity index is 2.81. The van der Waals surface area contributed by atoms with E-state index in [0.29, 0.717) is 0 Å². The molecule has 0 fully saturated rings. The summed E-state index contributed by atoms with van der Waals surface area (Å²) in [5, 5.41) is 8.79. The quantitative estimate of drug-likeness (QED) is 0.850. The number of benzene rings is 1. The molecule has 0 radical (unpaired) electrons. The van der Waals surface area contributed by atoms with Gasteiger partial charge in [0.15, 0.2) is 5.69 Å². The van der Waals surface area contributed by atoms with E-state index < -0.39 is 23.3 Å². The largest absolute Gasteiger partial charge is 0.465 e. The second-order valence-electron chi connectivity index (χ2n) is 4.53. The second kappa shape index (κ2) is 6.60. The van der Waals surface area contributed by atoms with Gasteiger partial charge in [-0.2, -0.15) is 5.26 Å². The Labute approximate surface area is 140 Å². The van der Waals surface area contributed by atoms with Gasteiger partial charge < -0.3 is 19.8 Å². The second-order valence-corrected chi connectivity index (χ2v) is 4.90. The van der Waals surface area contributed by atoms with E-state index in [2.05, 4.69) is 9.47 Å². The minimum atomic E-state index is -0.986. The summed E-state index contributed by atoms with van der Waals surface area (Å²) < 4.78 is 24.2. The molecular weight excluding hydrogens is 341 g/mol. The number of nitrogens with two attached hydrogens (primary N) is 1. The smallest absolute Gasteiger partial charge is 0.357 e. The minimum Gasteiger partial charge on any atom is -0.465 e. The van der Waals surface area contributed by atoms with E-state index in [9.17, 15) is 14.0 Å². The lowest BCUT2D eigenvalue weighted by molar-refractivity contribution is 0.0587. The SMILES string of the molecule is COC(=O)c1c(F)ccc(-n2cc(C#N)c(N)c2C(=O)OC)c1Cl. The van der Waals surface area contributed by atoms with Crippen molar-refractivity contribution in [2.45, 2.75) is 0 Å². The van der Waals surface area contributed by atoms with Crippen molar-refractivity contribution < 1.29 is 23.5 Å². The van der Waals surface area contributed by atoms with Crippen molar-refractivity contribution in [3.05, 3.63) is 46.0 Å². The summed E-state index contributed by atoms with van der Waals surface area (Å²) >= 11 is 6.11. The van der Waals surface area contributed by atoms with Crippen LogP contribution < -0.4 is 5.73 Å². The first-order chi connectivity index (χ1) is 11.4. The number of hydrogen-bond acceptors (Lipinski definition) is 6. The summed E-state index contributed by atoms with van der Waals surface area (Å²) in [6.45, 7) is 0. The zero-order valence-electron chi connectivity index (χ0n) is 12.6. The van der Waals surface area contributed by atoms with Crippen molar-refractivity contribution in [3.8, 4) is 11.8 Å². The van der Waals surface area contributed by atoms with E-state index >= 15 is 0 Å². The normalized spacial score (nSPS) is 10.1. The van der Waals surface area contributed by atoms with Gasteiger partial charge >= 0.3 is 11.9 Å². The summed E-state index contributed by atoms with van der Waals surface area (Å²) in [5.41, 5.74) is 5.05. The molecule has 0 aliphatic carbocycles. The molecule has 9 heteroatoms. The molecule has 0 aliphatic rings. The molecule has 7 nitrogen and oxygen atoms in total. The summed E-state index contributed by atoms with van der Waals surface area (Å²) in [6.07, 6.45) is 1.24. The number of carbonyl (C=O) groups is 2. The van der Waals surface area contributed by atoms with Crippen LogP contribution in [0.3, 0.4) is 0 Å². The molecule has 0 spiro atoms. The number of rotatable bonds is 3. The Kier molecular flexibility index (Phi) is 4.76. The fraction of sp³-hybridized carbons (Fsp3) is 0.133. The monoisotopic (exact) mass is 351 g/mol. The van der Waals surface area contributed by atoms with Crippen LogP contribution in [-0.2, 0) is 9.47 Å². The molecule has 0 saturated carbocycles. The van der Waals surface area contributed by atoms with Gasteiger partial charge in [-0.15, -0.1) is 0 Å². The van der Waals surface area contributed by atoms with Crippen molar-refractivity contribution in [2.24, 2.45) is 0 Å². The predicted molar refractivity (Wildman–Crippen MR) is 82.5 cm³/mol. The number of carbonyl (C=O) groups excluding carboxylic acids is 2. The molecule has 0 aliphatic heterocycles. The lowest BCUT2D eigenvalue weighted by Gasteiger charge is -2.13. The zero-order chi connectivity index (χ0) is 18.0. The maximum absolute atomic E-state index is 13.9. The lowest BCUT2D eigenvalue weighted by Crippen LogP contribution is -2.13. The molecule has 24 heavy (non-hydrogen) atoms. The summed E-state index contributed by atoms with van der Waals surface area (Å²) in [7, 11) is 2.21. The number of nitrogen functional groups attached to an aromatic ring is 1. The van der Waals surface area contributed by atoms with Crippen LogP contribution in [0.2, 0.25) is 5.02 Å². The molecule has 0 atom stereocenters. The highest BCUT2D eigenvalue weighted by molar-refractivity contribution is 6.35. The Bertz CT molecular complexity index is 886. The van der Waals surface area contributed by atoms with Crippen LogP contribution in [0.15, 0.2) is 18.3 Å². The number of halogens is 2. The van der Waals surface area contributed by atoms with Gasteiger partial charge in [-0.1, -0.05) is 11.6 Å². The highest BCUT2D eigenvalue weighted by Gasteiger charge is 2.26. The third-order valence-electron chi connectivity index (χ3n) is 3.26. The van der Waals surface area contributed by atoms with E-state index in [1.54, 1.807) is 0 Å². The van der Waals surface area contributed by atoms with Crippen molar-refractivity contribution in [1.29, 1.82) is 5.26 Å². The maximum atomic E-state index is 13.9. The number of anilines is 1. The Morgan fingerprint density at radius 2 is 1.92 bits per heavy atom. The topological polar surface area (TPSA) is 107 Å². The average molecular weight is 352 g/mol. The van der Waals surface area contributed by atoms with Gasteiger partial charge in [-0.3, -0.25) is 0 Å². The average Bonchev–Trinajstić information content (AvgIpc) is 2.90. The first kappa shape index (κ1) is 17.3. The standard InChI is InChI=1S/C15H11ClFN3O4/c1-23-14(21)10-8(17)3-4-9(11(10)16)20-6-7(5-18)12(19)13(20)15(22)24-2/h3-4,6H,19H2,1-2H3. The molecule has 0 unspecified atom stereocenters. The number of esters is 2. The van der Waals surface area contributed by atoms with Crippen molar-refractivity contribution >= 4 is 29.2 Å². The number of ether oxygens (including phenoxy) is 2. The number of hydrogen-bond donors (Lipinski definition) is 1. The van der Waals surface area contributed by atoms with Crippen LogP contribution in [0.1, 0.15) is 26.4 Å². The van der Waals surface area contributed by atoms with Crippen LogP contribution in [0.25, 0.3) is 5.69 Å². The number of nitriles is 1. The molecule has 124 valence electrons. The van der Waals surface area contributed by atoms with E-state index in [1.807, 2.05) is 6.07 Å². The molecule has 1 heterocycles. The van der Waals surface area contributed by atoms with Gasteiger partial charge in [0.2, 0.25) is 0 Å².